The van der Waals surface area contributed by atoms with Gasteiger partial charge in [-0.1, -0.05) is 20.3 Å². The van der Waals surface area contributed by atoms with Gasteiger partial charge in [-0.2, -0.15) is 0 Å². The summed E-state index contributed by atoms with van der Waals surface area (Å²) in [4.78, 5) is 26.0. The van der Waals surface area contributed by atoms with Gasteiger partial charge in [0, 0.05) is 13.1 Å². The first-order chi connectivity index (χ1) is 9.29. The van der Waals surface area contributed by atoms with Crippen LogP contribution in [0.4, 0.5) is 0 Å². The molecule has 0 saturated carbocycles. The molecule has 1 aliphatic heterocycles. The first-order valence-electron chi connectivity index (χ1n) is 7.57. The molecule has 0 radical (unpaired) electrons. The van der Waals surface area contributed by atoms with Crippen molar-refractivity contribution >= 4 is 11.9 Å². The molecule has 1 amide bonds. The maximum absolute atomic E-state index is 12.6. The average molecular weight is 284 g/mol. The van der Waals surface area contributed by atoms with Gasteiger partial charge in [0.25, 0.3) is 0 Å². The Balaban J connectivity index is 2.87. The van der Waals surface area contributed by atoms with Gasteiger partial charge in [0.05, 0.1) is 11.0 Å². The Hall–Kier alpha value is -1.10. The zero-order valence-corrected chi connectivity index (χ0v) is 13.2. The van der Waals surface area contributed by atoms with Crippen LogP contribution in [0.25, 0.3) is 0 Å². The van der Waals surface area contributed by atoms with Crippen molar-refractivity contribution in [3.05, 3.63) is 0 Å². The molecule has 0 bridgehead atoms. The van der Waals surface area contributed by atoms with Gasteiger partial charge >= 0.3 is 5.97 Å². The van der Waals surface area contributed by atoms with Crippen LogP contribution in [0.3, 0.4) is 0 Å². The summed E-state index contributed by atoms with van der Waals surface area (Å²) in [5, 5.41) is 12.7. The summed E-state index contributed by atoms with van der Waals surface area (Å²) in [6.45, 7) is 9.38. The molecule has 0 aliphatic carbocycles. The molecule has 0 spiro atoms. The molecule has 0 aromatic carbocycles. The van der Waals surface area contributed by atoms with E-state index in [0.717, 1.165) is 12.8 Å². The van der Waals surface area contributed by atoms with Gasteiger partial charge in [-0.3, -0.25) is 9.59 Å². The lowest BCUT2D eigenvalue weighted by Crippen LogP contribution is -2.58. The van der Waals surface area contributed by atoms with Crippen molar-refractivity contribution in [1.29, 1.82) is 0 Å². The first-order valence-corrected chi connectivity index (χ1v) is 7.57. The molecule has 5 nitrogen and oxygen atoms in total. The topological polar surface area (TPSA) is 69.6 Å². The van der Waals surface area contributed by atoms with Crippen molar-refractivity contribution in [2.24, 2.45) is 5.41 Å². The lowest BCUT2D eigenvalue weighted by atomic mass is 9.76. The van der Waals surface area contributed by atoms with Crippen LogP contribution in [-0.2, 0) is 9.59 Å². The second kappa shape index (κ2) is 6.57. The van der Waals surface area contributed by atoms with Crippen molar-refractivity contribution in [3.63, 3.8) is 0 Å². The molecule has 116 valence electrons. The Labute approximate surface area is 121 Å². The number of hydrogen-bond acceptors (Lipinski definition) is 3. The number of likely N-dealkylation sites (N-methyl/N-ethyl adjacent to an activating group) is 1. The molecule has 1 saturated heterocycles. The normalized spacial score (nSPS) is 23.7. The Morgan fingerprint density at radius 3 is 2.50 bits per heavy atom. The summed E-state index contributed by atoms with van der Waals surface area (Å²) in [5.74, 6) is -0.765. The highest BCUT2D eigenvalue weighted by Crippen LogP contribution is 2.35. The van der Waals surface area contributed by atoms with Crippen molar-refractivity contribution < 1.29 is 14.7 Å². The van der Waals surface area contributed by atoms with Crippen LogP contribution in [-0.4, -0.2) is 47.1 Å². The number of hydrogen-bond donors (Lipinski definition) is 2. The van der Waals surface area contributed by atoms with E-state index in [9.17, 15) is 14.7 Å². The summed E-state index contributed by atoms with van der Waals surface area (Å²) in [5.41, 5.74) is -1.40. The standard InChI is InChI=1S/C15H28N2O3/c1-5-8-15(13(19)20)9-7-10-17(11-15)12(18)14(3,4)16-6-2/h16H,5-11H2,1-4H3,(H,19,20). The molecule has 1 heterocycles. The Kier molecular flexibility index (Phi) is 5.57. The van der Waals surface area contributed by atoms with E-state index in [1.807, 2.05) is 27.7 Å². The Morgan fingerprint density at radius 2 is 2.00 bits per heavy atom. The molecular weight excluding hydrogens is 256 g/mol. The molecular formula is C15H28N2O3. The highest BCUT2D eigenvalue weighted by Gasteiger charge is 2.44. The molecule has 5 heteroatoms. The number of carbonyl (C=O) groups is 2. The summed E-state index contributed by atoms with van der Waals surface area (Å²) < 4.78 is 0. The number of nitrogens with one attached hydrogen (secondary N) is 1. The molecule has 1 atom stereocenters. The third kappa shape index (κ3) is 3.51. The van der Waals surface area contributed by atoms with E-state index in [2.05, 4.69) is 5.32 Å². The number of carboxylic acid groups (broad SMARTS) is 1. The largest absolute Gasteiger partial charge is 0.481 e. The van der Waals surface area contributed by atoms with Crippen LogP contribution in [0.15, 0.2) is 0 Å². The van der Waals surface area contributed by atoms with Gasteiger partial charge in [-0.15, -0.1) is 0 Å². The summed E-state index contributed by atoms with van der Waals surface area (Å²) in [6, 6.07) is 0. The van der Waals surface area contributed by atoms with Crippen LogP contribution in [0.1, 0.15) is 53.4 Å². The van der Waals surface area contributed by atoms with Crippen LogP contribution >= 0.6 is 0 Å². The molecule has 1 unspecified atom stereocenters. The van der Waals surface area contributed by atoms with E-state index in [-0.39, 0.29) is 5.91 Å². The zero-order chi connectivity index (χ0) is 15.4. The SMILES string of the molecule is CCCC1(C(=O)O)CCCN(C(=O)C(C)(C)NCC)C1. The third-order valence-electron chi connectivity index (χ3n) is 4.20. The van der Waals surface area contributed by atoms with E-state index in [0.29, 0.717) is 32.5 Å². The molecule has 2 N–H and O–H groups in total. The van der Waals surface area contributed by atoms with Gasteiger partial charge in [0.2, 0.25) is 5.91 Å². The summed E-state index contributed by atoms with van der Waals surface area (Å²) in [6.07, 6.45) is 2.89. The van der Waals surface area contributed by atoms with Crippen LogP contribution < -0.4 is 5.32 Å². The molecule has 1 aliphatic rings. The highest BCUT2D eigenvalue weighted by molar-refractivity contribution is 5.86. The number of carboxylic acids is 1. The van der Waals surface area contributed by atoms with Gasteiger partial charge in [0.1, 0.15) is 0 Å². The van der Waals surface area contributed by atoms with Crippen LogP contribution in [0.5, 0.6) is 0 Å². The van der Waals surface area contributed by atoms with E-state index in [1.165, 1.54) is 0 Å². The predicted molar refractivity (Wildman–Crippen MR) is 78.5 cm³/mol. The fraction of sp³-hybridized carbons (Fsp3) is 0.867. The van der Waals surface area contributed by atoms with Crippen molar-refractivity contribution in [2.45, 2.75) is 58.9 Å². The quantitative estimate of drug-likeness (QED) is 0.781. The fourth-order valence-electron chi connectivity index (χ4n) is 3.18. The number of amides is 1. The minimum absolute atomic E-state index is 0.000720. The third-order valence-corrected chi connectivity index (χ3v) is 4.20. The number of carbonyl (C=O) groups excluding carboxylic acids is 1. The maximum atomic E-state index is 12.6. The van der Waals surface area contributed by atoms with Crippen LogP contribution in [0, 0.1) is 5.41 Å². The Morgan fingerprint density at radius 1 is 1.35 bits per heavy atom. The molecule has 20 heavy (non-hydrogen) atoms. The van der Waals surface area contributed by atoms with Gasteiger partial charge in [0.15, 0.2) is 0 Å². The number of piperidine rings is 1. The molecule has 1 fully saturated rings. The number of likely N-dealkylation sites (tertiary alicyclic amines) is 1. The first kappa shape index (κ1) is 17.0. The van der Waals surface area contributed by atoms with Gasteiger partial charge in [-0.05, 0) is 39.7 Å². The number of aliphatic carboxylic acids is 1. The summed E-state index contributed by atoms with van der Waals surface area (Å²) >= 11 is 0. The van der Waals surface area contributed by atoms with Gasteiger partial charge in [-0.25, -0.2) is 0 Å². The molecule has 0 aromatic rings. The lowest BCUT2D eigenvalue weighted by molar-refractivity contribution is -0.157. The zero-order valence-electron chi connectivity index (χ0n) is 13.2. The average Bonchev–Trinajstić information content (AvgIpc) is 2.38. The number of nitrogens with zero attached hydrogens (tertiary/aromatic N) is 1. The monoisotopic (exact) mass is 284 g/mol. The van der Waals surface area contributed by atoms with E-state index in [4.69, 9.17) is 0 Å². The van der Waals surface area contributed by atoms with Crippen molar-refractivity contribution in [2.75, 3.05) is 19.6 Å². The fourth-order valence-corrected chi connectivity index (χ4v) is 3.18. The van der Waals surface area contributed by atoms with E-state index >= 15 is 0 Å². The smallest absolute Gasteiger partial charge is 0.311 e. The van der Waals surface area contributed by atoms with E-state index in [1.54, 1.807) is 4.90 Å². The minimum Gasteiger partial charge on any atom is -0.481 e. The highest BCUT2D eigenvalue weighted by atomic mass is 16.4. The Bertz CT molecular complexity index is 364. The van der Waals surface area contributed by atoms with Crippen molar-refractivity contribution in [3.8, 4) is 0 Å². The second-order valence-corrected chi connectivity index (χ2v) is 6.32. The minimum atomic E-state index is -0.766. The molecule has 0 aromatic heterocycles. The van der Waals surface area contributed by atoms with Crippen LogP contribution in [0.2, 0.25) is 0 Å². The maximum Gasteiger partial charge on any atom is 0.311 e. The predicted octanol–water partition coefficient (Wildman–Crippen LogP) is 1.87. The second-order valence-electron chi connectivity index (χ2n) is 6.32. The lowest BCUT2D eigenvalue weighted by Gasteiger charge is -2.42. The number of rotatable bonds is 6. The van der Waals surface area contributed by atoms with E-state index < -0.39 is 16.9 Å². The molecule has 1 rings (SSSR count). The summed E-state index contributed by atoms with van der Waals surface area (Å²) in [7, 11) is 0. The van der Waals surface area contributed by atoms with Crippen molar-refractivity contribution in [1.82, 2.24) is 10.2 Å². The van der Waals surface area contributed by atoms with Gasteiger partial charge < -0.3 is 15.3 Å².